The van der Waals surface area contributed by atoms with Gasteiger partial charge in [-0.2, -0.15) is 0 Å². The Bertz CT molecular complexity index is 1480. The standard InChI is InChI=1S/C31H31ClN4O3S/c1-22-5-7-23(8-6-22)17-34(18-24-9-10-28-29(15-24)39-21-38-28)19-30-33-27(20-40-30)31(37)36-13-11-35(12-14-36)26-4-2-3-25(32)16-26/h2-10,15-16,20H,11-14,17-19,21H2,1H3. The van der Waals surface area contributed by atoms with E-state index in [0.29, 0.717) is 25.3 Å². The summed E-state index contributed by atoms with van der Waals surface area (Å²) in [6, 6.07) is 22.6. The van der Waals surface area contributed by atoms with E-state index in [1.54, 1.807) is 11.3 Å². The smallest absolute Gasteiger partial charge is 0.273 e. The van der Waals surface area contributed by atoms with Crippen LogP contribution in [0.1, 0.15) is 32.2 Å². The third kappa shape index (κ3) is 6.25. The lowest BCUT2D eigenvalue weighted by molar-refractivity contribution is 0.0741. The summed E-state index contributed by atoms with van der Waals surface area (Å²) < 4.78 is 11.1. The number of piperazine rings is 1. The molecular weight excluding hydrogens is 544 g/mol. The first-order valence-electron chi connectivity index (χ1n) is 13.4. The molecule has 7 nitrogen and oxygen atoms in total. The Morgan fingerprint density at radius 3 is 2.48 bits per heavy atom. The highest BCUT2D eigenvalue weighted by atomic mass is 35.5. The van der Waals surface area contributed by atoms with Gasteiger partial charge in [0.1, 0.15) is 10.7 Å². The Morgan fingerprint density at radius 1 is 0.925 bits per heavy atom. The van der Waals surface area contributed by atoms with E-state index in [4.69, 9.17) is 26.1 Å². The first-order chi connectivity index (χ1) is 19.5. The molecule has 4 aromatic rings. The molecule has 0 aliphatic carbocycles. The van der Waals surface area contributed by atoms with Crippen molar-refractivity contribution in [2.45, 2.75) is 26.6 Å². The number of hydrogen-bond acceptors (Lipinski definition) is 7. The Hall–Kier alpha value is -3.59. The lowest BCUT2D eigenvalue weighted by Gasteiger charge is -2.35. The van der Waals surface area contributed by atoms with E-state index in [1.165, 1.54) is 11.1 Å². The Labute approximate surface area is 243 Å². The molecule has 1 fully saturated rings. The van der Waals surface area contributed by atoms with Crippen LogP contribution in [-0.4, -0.2) is 53.7 Å². The Kier molecular flexibility index (Phi) is 7.91. The molecule has 1 aromatic heterocycles. The molecule has 206 valence electrons. The van der Waals surface area contributed by atoms with Crippen LogP contribution in [-0.2, 0) is 19.6 Å². The first kappa shape index (κ1) is 26.6. The fraction of sp³-hybridized carbons (Fsp3) is 0.290. The monoisotopic (exact) mass is 574 g/mol. The molecule has 40 heavy (non-hydrogen) atoms. The number of fused-ring (bicyclic) bond motifs is 1. The quantitative estimate of drug-likeness (QED) is 0.257. The van der Waals surface area contributed by atoms with Gasteiger partial charge in [0.2, 0.25) is 6.79 Å². The zero-order valence-corrected chi connectivity index (χ0v) is 24.0. The lowest BCUT2D eigenvalue weighted by Crippen LogP contribution is -2.48. The third-order valence-corrected chi connectivity index (χ3v) is 8.31. The molecule has 2 aliphatic rings. The summed E-state index contributed by atoms with van der Waals surface area (Å²) in [4.78, 5) is 24.6. The fourth-order valence-corrected chi connectivity index (χ4v) is 6.09. The van der Waals surface area contributed by atoms with Gasteiger partial charge in [0, 0.05) is 55.4 Å². The van der Waals surface area contributed by atoms with Crippen LogP contribution in [0.3, 0.4) is 0 Å². The second-order valence-electron chi connectivity index (χ2n) is 10.2. The van der Waals surface area contributed by atoms with E-state index in [0.717, 1.165) is 59.0 Å². The number of benzene rings is 3. The van der Waals surface area contributed by atoms with E-state index in [9.17, 15) is 4.79 Å². The third-order valence-electron chi connectivity index (χ3n) is 7.24. The number of nitrogens with zero attached hydrogens (tertiary/aromatic N) is 4. The molecule has 3 aromatic carbocycles. The van der Waals surface area contributed by atoms with E-state index < -0.39 is 0 Å². The molecule has 6 rings (SSSR count). The molecule has 3 heterocycles. The van der Waals surface area contributed by atoms with Crippen molar-refractivity contribution in [1.29, 1.82) is 0 Å². The van der Waals surface area contributed by atoms with Gasteiger partial charge in [0.15, 0.2) is 11.5 Å². The second kappa shape index (κ2) is 11.9. The van der Waals surface area contributed by atoms with Gasteiger partial charge in [-0.05, 0) is 48.4 Å². The van der Waals surface area contributed by atoms with Crippen molar-refractivity contribution in [3.05, 3.63) is 105 Å². The van der Waals surface area contributed by atoms with Gasteiger partial charge in [0.05, 0.1) is 6.54 Å². The molecule has 0 unspecified atom stereocenters. The number of aryl methyl sites for hydroxylation is 1. The molecule has 1 saturated heterocycles. The normalized spacial score (nSPS) is 14.7. The average Bonchev–Trinajstić information content (AvgIpc) is 3.63. The van der Waals surface area contributed by atoms with Crippen LogP contribution in [0, 0.1) is 6.92 Å². The number of anilines is 1. The lowest BCUT2D eigenvalue weighted by atomic mass is 10.1. The maximum atomic E-state index is 13.3. The SMILES string of the molecule is Cc1ccc(CN(Cc2ccc3c(c2)OCO3)Cc2nc(C(=O)N3CCN(c4cccc(Cl)c4)CC3)cs2)cc1. The topological polar surface area (TPSA) is 58.1 Å². The van der Waals surface area contributed by atoms with Crippen molar-refractivity contribution in [3.8, 4) is 11.5 Å². The molecule has 2 aliphatic heterocycles. The molecule has 1 amide bonds. The summed E-state index contributed by atoms with van der Waals surface area (Å²) in [6.45, 7) is 7.33. The van der Waals surface area contributed by atoms with E-state index >= 15 is 0 Å². The number of aromatic nitrogens is 1. The van der Waals surface area contributed by atoms with Crippen LogP contribution >= 0.6 is 22.9 Å². The predicted octanol–water partition coefficient (Wildman–Crippen LogP) is 6.00. The van der Waals surface area contributed by atoms with Crippen molar-refractivity contribution in [2.24, 2.45) is 0 Å². The van der Waals surface area contributed by atoms with E-state index in [1.807, 2.05) is 40.6 Å². The van der Waals surface area contributed by atoms with Gasteiger partial charge in [0.25, 0.3) is 5.91 Å². The summed E-state index contributed by atoms with van der Waals surface area (Å²) in [5, 5.41) is 3.54. The number of ether oxygens (including phenoxy) is 2. The number of rotatable bonds is 8. The number of carbonyl (C=O) groups is 1. The van der Waals surface area contributed by atoms with Gasteiger partial charge >= 0.3 is 0 Å². The molecule has 0 N–H and O–H groups in total. The number of thiazole rings is 1. The molecular formula is C31H31ClN4O3S. The van der Waals surface area contributed by atoms with Gasteiger partial charge in [-0.1, -0.05) is 53.6 Å². The van der Waals surface area contributed by atoms with Crippen molar-refractivity contribution in [3.63, 3.8) is 0 Å². The Morgan fingerprint density at radius 2 is 1.68 bits per heavy atom. The maximum absolute atomic E-state index is 13.3. The van der Waals surface area contributed by atoms with E-state index in [-0.39, 0.29) is 12.7 Å². The summed E-state index contributed by atoms with van der Waals surface area (Å²) in [5.41, 5.74) is 5.22. The second-order valence-corrected chi connectivity index (χ2v) is 11.6. The van der Waals surface area contributed by atoms with Gasteiger partial charge in [-0.15, -0.1) is 11.3 Å². The highest BCUT2D eigenvalue weighted by molar-refractivity contribution is 7.09. The van der Waals surface area contributed by atoms with Crippen LogP contribution in [0.5, 0.6) is 11.5 Å². The highest BCUT2D eigenvalue weighted by Gasteiger charge is 2.25. The number of carbonyl (C=O) groups excluding carboxylic acids is 1. The summed E-state index contributed by atoms with van der Waals surface area (Å²) in [7, 11) is 0. The van der Waals surface area contributed by atoms with Crippen molar-refractivity contribution in [2.75, 3.05) is 37.9 Å². The van der Waals surface area contributed by atoms with Gasteiger partial charge in [-0.25, -0.2) is 4.98 Å². The Balaban J connectivity index is 1.12. The van der Waals surface area contributed by atoms with Crippen molar-refractivity contribution < 1.29 is 14.3 Å². The maximum Gasteiger partial charge on any atom is 0.273 e. The van der Waals surface area contributed by atoms with Crippen LogP contribution in [0.25, 0.3) is 0 Å². The van der Waals surface area contributed by atoms with Gasteiger partial charge in [-0.3, -0.25) is 9.69 Å². The minimum atomic E-state index is -0.00546. The molecule has 0 bridgehead atoms. The van der Waals surface area contributed by atoms with Crippen molar-refractivity contribution in [1.82, 2.24) is 14.8 Å². The van der Waals surface area contributed by atoms with Crippen molar-refractivity contribution >= 4 is 34.5 Å². The minimum Gasteiger partial charge on any atom is -0.454 e. The fourth-order valence-electron chi connectivity index (χ4n) is 5.09. The minimum absolute atomic E-state index is 0.00546. The molecule has 0 atom stereocenters. The highest BCUT2D eigenvalue weighted by Crippen LogP contribution is 2.33. The number of hydrogen-bond donors (Lipinski definition) is 0. The summed E-state index contributed by atoms with van der Waals surface area (Å²) in [6.07, 6.45) is 0. The van der Waals surface area contributed by atoms with Crippen LogP contribution in [0.15, 0.2) is 72.1 Å². The first-order valence-corrected chi connectivity index (χ1v) is 14.7. The number of amides is 1. The summed E-state index contributed by atoms with van der Waals surface area (Å²) in [5.74, 6) is 1.56. The van der Waals surface area contributed by atoms with E-state index in [2.05, 4.69) is 53.1 Å². The van der Waals surface area contributed by atoms with Gasteiger partial charge < -0.3 is 19.3 Å². The van der Waals surface area contributed by atoms with Crippen LogP contribution < -0.4 is 14.4 Å². The molecule has 0 spiro atoms. The molecule has 9 heteroatoms. The molecule has 0 saturated carbocycles. The van der Waals surface area contributed by atoms with Crippen LogP contribution in [0.2, 0.25) is 5.02 Å². The van der Waals surface area contributed by atoms with Crippen LogP contribution in [0.4, 0.5) is 5.69 Å². The molecule has 0 radical (unpaired) electrons. The zero-order valence-electron chi connectivity index (χ0n) is 22.4. The summed E-state index contributed by atoms with van der Waals surface area (Å²) >= 11 is 7.71. The predicted molar refractivity (Wildman–Crippen MR) is 158 cm³/mol. The largest absolute Gasteiger partial charge is 0.454 e. The average molecular weight is 575 g/mol. The number of halogens is 1. The zero-order chi connectivity index (χ0) is 27.5.